The Hall–Kier alpha value is -1.35. The number of aliphatic hydroxyl groups excluding tert-OH is 1. The molecule has 1 amide bonds. The summed E-state index contributed by atoms with van der Waals surface area (Å²) in [6.45, 7) is 1.39. The monoisotopic (exact) mass is 281 g/mol. The zero-order valence-corrected chi connectivity index (χ0v) is 12.1. The molecular weight excluding hydrogens is 262 g/mol. The Morgan fingerprint density at radius 2 is 2.32 bits per heavy atom. The molecule has 0 fully saturated rings. The number of rotatable bonds is 6. The van der Waals surface area contributed by atoms with Crippen molar-refractivity contribution in [3.63, 3.8) is 0 Å². The molecule has 1 rings (SSSR count). The van der Waals surface area contributed by atoms with Crippen LogP contribution in [0.25, 0.3) is 0 Å². The van der Waals surface area contributed by atoms with Gasteiger partial charge in [-0.1, -0.05) is 11.8 Å². The van der Waals surface area contributed by atoms with Crippen LogP contribution in [0.15, 0.2) is 12.1 Å². The molecule has 0 unspecified atom stereocenters. The average molecular weight is 281 g/mol. The Bertz CT molecular complexity index is 459. The standard InChI is InChI=1S/C14H19NO3S/c1-15(9-5-11-18-2)14(17)13-8-7-12(19-13)6-3-4-10-16/h7-8,16H,4-5,9-11H2,1-2H3. The van der Waals surface area contributed by atoms with Gasteiger partial charge in [0.05, 0.1) is 16.4 Å². The maximum Gasteiger partial charge on any atom is 0.263 e. The first-order valence-corrected chi connectivity index (χ1v) is 6.94. The molecule has 0 saturated heterocycles. The Balaban J connectivity index is 2.55. The van der Waals surface area contributed by atoms with Gasteiger partial charge in [0.15, 0.2) is 0 Å². The predicted octanol–water partition coefficient (Wildman–Crippen LogP) is 1.59. The summed E-state index contributed by atoms with van der Waals surface area (Å²) in [5, 5.41) is 8.64. The van der Waals surface area contributed by atoms with Gasteiger partial charge in [-0.3, -0.25) is 4.79 Å². The van der Waals surface area contributed by atoms with Gasteiger partial charge in [-0.2, -0.15) is 0 Å². The van der Waals surface area contributed by atoms with Crippen molar-refractivity contribution in [2.45, 2.75) is 12.8 Å². The predicted molar refractivity (Wildman–Crippen MR) is 76.4 cm³/mol. The van der Waals surface area contributed by atoms with Crippen LogP contribution in [0.3, 0.4) is 0 Å². The molecule has 0 spiro atoms. The number of carbonyl (C=O) groups excluding carboxylic acids is 1. The van der Waals surface area contributed by atoms with E-state index in [4.69, 9.17) is 9.84 Å². The minimum Gasteiger partial charge on any atom is -0.395 e. The van der Waals surface area contributed by atoms with Gasteiger partial charge in [-0.05, 0) is 18.6 Å². The van der Waals surface area contributed by atoms with Crippen molar-refractivity contribution in [2.75, 3.05) is 33.9 Å². The van der Waals surface area contributed by atoms with Crippen LogP contribution in [-0.2, 0) is 4.74 Å². The van der Waals surface area contributed by atoms with Crippen molar-refractivity contribution in [2.24, 2.45) is 0 Å². The minimum absolute atomic E-state index is 0.0105. The summed E-state index contributed by atoms with van der Waals surface area (Å²) >= 11 is 1.38. The summed E-state index contributed by atoms with van der Waals surface area (Å²) in [6.07, 6.45) is 1.28. The number of hydrogen-bond acceptors (Lipinski definition) is 4. The summed E-state index contributed by atoms with van der Waals surface area (Å²) < 4.78 is 4.96. The Morgan fingerprint density at radius 1 is 1.53 bits per heavy atom. The van der Waals surface area contributed by atoms with Gasteiger partial charge in [0.2, 0.25) is 0 Å². The number of aliphatic hydroxyl groups is 1. The first-order chi connectivity index (χ1) is 9.19. The van der Waals surface area contributed by atoms with E-state index >= 15 is 0 Å². The molecule has 0 atom stereocenters. The van der Waals surface area contributed by atoms with E-state index in [2.05, 4.69) is 11.8 Å². The first-order valence-electron chi connectivity index (χ1n) is 6.13. The molecule has 0 bridgehead atoms. The molecule has 0 aliphatic heterocycles. The van der Waals surface area contributed by atoms with E-state index in [-0.39, 0.29) is 12.5 Å². The molecule has 0 radical (unpaired) electrons. The number of nitrogens with zero attached hydrogens (tertiary/aromatic N) is 1. The van der Waals surface area contributed by atoms with Gasteiger partial charge in [0.25, 0.3) is 5.91 Å². The van der Waals surface area contributed by atoms with E-state index in [0.29, 0.717) is 24.4 Å². The lowest BCUT2D eigenvalue weighted by Gasteiger charge is -2.15. The average Bonchev–Trinajstić information content (AvgIpc) is 2.87. The highest BCUT2D eigenvalue weighted by molar-refractivity contribution is 7.14. The number of thiophene rings is 1. The van der Waals surface area contributed by atoms with Gasteiger partial charge in [-0.25, -0.2) is 0 Å². The lowest BCUT2D eigenvalue weighted by atomic mass is 10.3. The molecular formula is C14H19NO3S. The summed E-state index contributed by atoms with van der Waals surface area (Å²) in [5.41, 5.74) is 0. The topological polar surface area (TPSA) is 49.8 Å². The molecule has 104 valence electrons. The molecule has 5 heteroatoms. The van der Waals surface area contributed by atoms with Crippen LogP contribution in [0.2, 0.25) is 0 Å². The lowest BCUT2D eigenvalue weighted by molar-refractivity contribution is 0.0784. The van der Waals surface area contributed by atoms with E-state index in [0.717, 1.165) is 11.3 Å². The van der Waals surface area contributed by atoms with Crippen molar-refractivity contribution in [3.05, 3.63) is 21.9 Å². The smallest absolute Gasteiger partial charge is 0.263 e. The third-order valence-electron chi connectivity index (χ3n) is 2.45. The third-order valence-corrected chi connectivity index (χ3v) is 3.44. The molecule has 4 nitrogen and oxygen atoms in total. The molecule has 19 heavy (non-hydrogen) atoms. The van der Waals surface area contributed by atoms with Gasteiger partial charge >= 0.3 is 0 Å². The zero-order chi connectivity index (χ0) is 14.1. The SMILES string of the molecule is COCCCN(C)C(=O)c1ccc(C#CCCO)s1. The van der Waals surface area contributed by atoms with Gasteiger partial charge in [0.1, 0.15) is 0 Å². The molecule has 0 aromatic carbocycles. The molecule has 0 aliphatic rings. The van der Waals surface area contributed by atoms with E-state index in [1.807, 2.05) is 6.07 Å². The molecule has 0 saturated carbocycles. The highest BCUT2D eigenvalue weighted by Gasteiger charge is 2.13. The van der Waals surface area contributed by atoms with Crippen LogP contribution in [-0.4, -0.2) is 49.8 Å². The molecule has 0 aliphatic carbocycles. The van der Waals surface area contributed by atoms with E-state index in [1.54, 1.807) is 25.1 Å². The van der Waals surface area contributed by atoms with Gasteiger partial charge < -0.3 is 14.7 Å². The second kappa shape index (κ2) is 8.70. The number of hydrogen-bond donors (Lipinski definition) is 1. The summed E-state index contributed by atoms with van der Waals surface area (Å²) in [4.78, 5) is 15.3. The Labute approximate surface area is 118 Å². The van der Waals surface area contributed by atoms with E-state index in [9.17, 15) is 4.79 Å². The zero-order valence-electron chi connectivity index (χ0n) is 11.3. The molecule has 1 N–H and O–H groups in total. The van der Waals surface area contributed by atoms with Gasteiger partial charge in [0, 0.05) is 33.7 Å². The fourth-order valence-corrected chi connectivity index (χ4v) is 2.34. The molecule has 1 aromatic rings. The number of methoxy groups -OCH3 is 1. The van der Waals surface area contributed by atoms with E-state index < -0.39 is 0 Å². The van der Waals surface area contributed by atoms with Crippen LogP contribution in [0.1, 0.15) is 27.4 Å². The van der Waals surface area contributed by atoms with Crippen LogP contribution in [0, 0.1) is 11.8 Å². The fraction of sp³-hybridized carbons (Fsp3) is 0.500. The maximum atomic E-state index is 12.1. The summed E-state index contributed by atoms with van der Waals surface area (Å²) in [5.74, 6) is 5.78. The van der Waals surface area contributed by atoms with Gasteiger partial charge in [-0.15, -0.1) is 11.3 Å². The molecule has 1 heterocycles. The van der Waals surface area contributed by atoms with Crippen molar-refractivity contribution in [1.82, 2.24) is 4.90 Å². The maximum absolute atomic E-state index is 12.1. The van der Waals surface area contributed by atoms with Crippen LogP contribution in [0.4, 0.5) is 0 Å². The largest absolute Gasteiger partial charge is 0.395 e. The minimum atomic E-state index is 0.0105. The Kier molecular flexibility index (Phi) is 7.19. The normalized spacial score (nSPS) is 9.84. The quantitative estimate of drug-likeness (QED) is 0.636. The number of carbonyl (C=O) groups is 1. The van der Waals surface area contributed by atoms with Crippen LogP contribution >= 0.6 is 11.3 Å². The summed E-state index contributed by atoms with van der Waals surface area (Å²) in [6, 6.07) is 3.63. The van der Waals surface area contributed by atoms with Crippen molar-refractivity contribution >= 4 is 17.2 Å². The lowest BCUT2D eigenvalue weighted by Crippen LogP contribution is -2.27. The van der Waals surface area contributed by atoms with E-state index in [1.165, 1.54) is 11.3 Å². The highest BCUT2D eigenvalue weighted by Crippen LogP contribution is 2.17. The second-order valence-electron chi connectivity index (χ2n) is 4.01. The highest BCUT2D eigenvalue weighted by atomic mass is 32.1. The number of amides is 1. The van der Waals surface area contributed by atoms with Crippen LogP contribution in [0.5, 0.6) is 0 Å². The molecule has 1 aromatic heterocycles. The Morgan fingerprint density at radius 3 is 3.00 bits per heavy atom. The van der Waals surface area contributed by atoms with Crippen molar-refractivity contribution in [3.8, 4) is 11.8 Å². The third kappa shape index (κ3) is 5.43. The summed E-state index contributed by atoms with van der Waals surface area (Å²) in [7, 11) is 3.44. The second-order valence-corrected chi connectivity index (χ2v) is 5.10. The van der Waals surface area contributed by atoms with Crippen molar-refractivity contribution < 1.29 is 14.6 Å². The van der Waals surface area contributed by atoms with Crippen LogP contribution < -0.4 is 0 Å². The first kappa shape index (κ1) is 15.7. The number of ether oxygens (including phenoxy) is 1. The van der Waals surface area contributed by atoms with Crippen molar-refractivity contribution in [1.29, 1.82) is 0 Å². The fourth-order valence-electron chi connectivity index (χ4n) is 1.46.